The van der Waals surface area contributed by atoms with Crippen molar-refractivity contribution in [2.24, 2.45) is 5.92 Å². The molecule has 1 unspecified atom stereocenters. The molecule has 0 aliphatic carbocycles. The Morgan fingerprint density at radius 1 is 1.44 bits per heavy atom. The van der Waals surface area contributed by atoms with Crippen LogP contribution in [0.1, 0.15) is 26.7 Å². The van der Waals surface area contributed by atoms with E-state index in [4.69, 9.17) is 10.5 Å². The summed E-state index contributed by atoms with van der Waals surface area (Å²) >= 11 is 0. The lowest BCUT2D eigenvalue weighted by molar-refractivity contribution is 0.168. The third kappa shape index (κ3) is 3.39. The van der Waals surface area contributed by atoms with Gasteiger partial charge in [-0.1, -0.05) is 19.9 Å². The molecule has 1 aliphatic rings. The first-order chi connectivity index (χ1) is 8.66. The van der Waals surface area contributed by atoms with E-state index in [2.05, 4.69) is 18.7 Å². The van der Waals surface area contributed by atoms with Gasteiger partial charge < -0.3 is 10.5 Å². The van der Waals surface area contributed by atoms with Gasteiger partial charge in [-0.3, -0.25) is 4.90 Å². The highest BCUT2D eigenvalue weighted by Gasteiger charge is 2.26. The molecule has 1 aromatic carbocycles. The van der Waals surface area contributed by atoms with Gasteiger partial charge in [0.15, 0.2) is 0 Å². The van der Waals surface area contributed by atoms with Crippen molar-refractivity contribution in [3.8, 4) is 5.75 Å². The van der Waals surface area contributed by atoms with Crippen molar-refractivity contribution in [1.29, 1.82) is 0 Å². The molecule has 3 heteroatoms. The number of nitrogens with two attached hydrogens (primary N) is 1. The second-order valence-electron chi connectivity index (χ2n) is 5.41. The van der Waals surface area contributed by atoms with Crippen LogP contribution in [0.15, 0.2) is 24.3 Å². The first-order valence-corrected chi connectivity index (χ1v) is 6.89. The summed E-state index contributed by atoms with van der Waals surface area (Å²) in [5.74, 6) is 1.61. The van der Waals surface area contributed by atoms with E-state index in [9.17, 15) is 0 Å². The SMILES string of the molecule is CC(C)C1CCCN1CCOc1cccc(N)c1. The van der Waals surface area contributed by atoms with E-state index in [1.54, 1.807) is 0 Å². The summed E-state index contributed by atoms with van der Waals surface area (Å²) in [4.78, 5) is 2.55. The average molecular weight is 248 g/mol. The number of benzene rings is 1. The lowest BCUT2D eigenvalue weighted by atomic mass is 10.0. The maximum absolute atomic E-state index is 5.76. The Morgan fingerprint density at radius 2 is 2.28 bits per heavy atom. The molecular formula is C15H24N2O. The van der Waals surface area contributed by atoms with Crippen LogP contribution in [0, 0.1) is 5.92 Å². The van der Waals surface area contributed by atoms with Crippen molar-refractivity contribution in [3.05, 3.63) is 24.3 Å². The van der Waals surface area contributed by atoms with Gasteiger partial charge in [-0.25, -0.2) is 0 Å². The van der Waals surface area contributed by atoms with Gasteiger partial charge in [0, 0.05) is 24.3 Å². The minimum absolute atomic E-state index is 0.731. The Labute approximate surface area is 110 Å². The number of nitrogen functional groups attached to an aromatic ring is 1. The van der Waals surface area contributed by atoms with Crippen LogP contribution >= 0.6 is 0 Å². The molecule has 0 bridgehead atoms. The highest BCUT2D eigenvalue weighted by molar-refractivity contribution is 5.43. The molecular weight excluding hydrogens is 224 g/mol. The minimum Gasteiger partial charge on any atom is -0.492 e. The Bertz CT molecular complexity index is 379. The van der Waals surface area contributed by atoms with E-state index in [0.717, 1.165) is 36.5 Å². The van der Waals surface area contributed by atoms with Crippen molar-refractivity contribution < 1.29 is 4.74 Å². The van der Waals surface area contributed by atoms with Crippen molar-refractivity contribution in [1.82, 2.24) is 4.90 Å². The average Bonchev–Trinajstić information content (AvgIpc) is 2.77. The summed E-state index contributed by atoms with van der Waals surface area (Å²) in [6, 6.07) is 8.37. The quantitative estimate of drug-likeness (QED) is 0.814. The van der Waals surface area contributed by atoms with Gasteiger partial charge in [0.05, 0.1) is 0 Å². The van der Waals surface area contributed by atoms with Crippen LogP contribution in [-0.2, 0) is 0 Å². The third-order valence-corrected chi connectivity index (χ3v) is 3.69. The standard InChI is InChI=1S/C15H24N2O/c1-12(2)15-7-4-8-17(15)9-10-18-14-6-3-5-13(16)11-14/h3,5-6,11-12,15H,4,7-10,16H2,1-2H3. The van der Waals surface area contributed by atoms with E-state index in [-0.39, 0.29) is 0 Å². The van der Waals surface area contributed by atoms with Crippen molar-refractivity contribution in [2.45, 2.75) is 32.7 Å². The third-order valence-electron chi connectivity index (χ3n) is 3.69. The monoisotopic (exact) mass is 248 g/mol. The molecule has 1 aliphatic heterocycles. The number of hydrogen-bond donors (Lipinski definition) is 1. The Balaban J connectivity index is 1.78. The summed E-state index contributed by atoms with van der Waals surface area (Å²) < 4.78 is 5.76. The highest BCUT2D eigenvalue weighted by atomic mass is 16.5. The van der Waals surface area contributed by atoms with Crippen LogP contribution in [0.4, 0.5) is 5.69 Å². The predicted octanol–water partition coefficient (Wildman–Crippen LogP) is 2.77. The molecule has 0 spiro atoms. The van der Waals surface area contributed by atoms with Crippen LogP contribution in [-0.4, -0.2) is 30.6 Å². The maximum Gasteiger partial charge on any atom is 0.121 e. The molecule has 0 saturated carbocycles. The first kappa shape index (κ1) is 13.2. The Kier molecular flexibility index (Phi) is 4.48. The topological polar surface area (TPSA) is 38.5 Å². The number of hydrogen-bond acceptors (Lipinski definition) is 3. The predicted molar refractivity (Wildman–Crippen MR) is 75.8 cm³/mol. The first-order valence-electron chi connectivity index (χ1n) is 6.89. The Hall–Kier alpha value is -1.22. The number of nitrogens with zero attached hydrogens (tertiary/aromatic N) is 1. The molecule has 0 aromatic heterocycles. The summed E-state index contributed by atoms with van der Waals surface area (Å²) in [7, 11) is 0. The van der Waals surface area contributed by atoms with Gasteiger partial charge in [0.1, 0.15) is 12.4 Å². The van der Waals surface area contributed by atoms with Gasteiger partial charge in [-0.05, 0) is 37.4 Å². The lowest BCUT2D eigenvalue weighted by Crippen LogP contribution is -2.36. The molecule has 1 atom stereocenters. The summed E-state index contributed by atoms with van der Waals surface area (Å²) in [6.07, 6.45) is 2.65. The second kappa shape index (κ2) is 6.10. The fraction of sp³-hybridized carbons (Fsp3) is 0.600. The molecule has 2 rings (SSSR count). The lowest BCUT2D eigenvalue weighted by Gasteiger charge is -2.27. The molecule has 0 amide bonds. The van der Waals surface area contributed by atoms with Crippen LogP contribution < -0.4 is 10.5 Å². The van der Waals surface area contributed by atoms with Gasteiger partial charge in [-0.15, -0.1) is 0 Å². The minimum atomic E-state index is 0.731. The van der Waals surface area contributed by atoms with Crippen molar-refractivity contribution in [2.75, 3.05) is 25.4 Å². The number of likely N-dealkylation sites (tertiary alicyclic amines) is 1. The molecule has 1 aromatic rings. The molecule has 1 fully saturated rings. The second-order valence-corrected chi connectivity index (χ2v) is 5.41. The maximum atomic E-state index is 5.76. The molecule has 18 heavy (non-hydrogen) atoms. The van der Waals surface area contributed by atoms with Crippen LogP contribution in [0.3, 0.4) is 0 Å². The molecule has 1 heterocycles. The van der Waals surface area contributed by atoms with Gasteiger partial charge in [0.2, 0.25) is 0 Å². The number of ether oxygens (including phenoxy) is 1. The van der Waals surface area contributed by atoms with Crippen LogP contribution in [0.25, 0.3) is 0 Å². The molecule has 1 saturated heterocycles. The largest absolute Gasteiger partial charge is 0.492 e. The number of rotatable bonds is 5. The molecule has 100 valence electrons. The zero-order chi connectivity index (χ0) is 13.0. The zero-order valence-electron chi connectivity index (χ0n) is 11.4. The van der Waals surface area contributed by atoms with E-state index in [0.29, 0.717) is 0 Å². The summed E-state index contributed by atoms with van der Waals surface area (Å²) in [6.45, 7) is 7.58. The van der Waals surface area contributed by atoms with Gasteiger partial charge in [0.25, 0.3) is 0 Å². The Morgan fingerprint density at radius 3 is 3.00 bits per heavy atom. The van der Waals surface area contributed by atoms with E-state index >= 15 is 0 Å². The normalized spacial score (nSPS) is 20.5. The van der Waals surface area contributed by atoms with Crippen LogP contribution in [0.2, 0.25) is 0 Å². The fourth-order valence-corrected chi connectivity index (χ4v) is 2.77. The smallest absolute Gasteiger partial charge is 0.121 e. The summed E-state index contributed by atoms with van der Waals surface area (Å²) in [5.41, 5.74) is 6.48. The van der Waals surface area contributed by atoms with Gasteiger partial charge in [-0.2, -0.15) is 0 Å². The van der Waals surface area contributed by atoms with Crippen LogP contribution in [0.5, 0.6) is 5.75 Å². The number of anilines is 1. The zero-order valence-corrected chi connectivity index (χ0v) is 11.4. The van der Waals surface area contributed by atoms with Crippen molar-refractivity contribution in [3.63, 3.8) is 0 Å². The molecule has 3 nitrogen and oxygen atoms in total. The van der Waals surface area contributed by atoms with E-state index in [1.165, 1.54) is 19.4 Å². The van der Waals surface area contributed by atoms with Gasteiger partial charge >= 0.3 is 0 Å². The fourth-order valence-electron chi connectivity index (χ4n) is 2.77. The highest BCUT2D eigenvalue weighted by Crippen LogP contribution is 2.23. The van der Waals surface area contributed by atoms with E-state index in [1.807, 2.05) is 24.3 Å². The molecule has 0 radical (unpaired) electrons. The summed E-state index contributed by atoms with van der Waals surface area (Å²) in [5, 5.41) is 0. The van der Waals surface area contributed by atoms with Crippen molar-refractivity contribution >= 4 is 5.69 Å². The molecule has 2 N–H and O–H groups in total. The van der Waals surface area contributed by atoms with E-state index < -0.39 is 0 Å².